The minimum atomic E-state index is -0.561. The van der Waals surface area contributed by atoms with E-state index in [1.165, 1.54) is 0 Å². The van der Waals surface area contributed by atoms with Crippen molar-refractivity contribution in [2.75, 3.05) is 5.32 Å². The van der Waals surface area contributed by atoms with E-state index in [0.29, 0.717) is 0 Å². The first-order chi connectivity index (χ1) is 10.1. The summed E-state index contributed by atoms with van der Waals surface area (Å²) >= 11 is 3.37. The molecule has 1 saturated carbocycles. The van der Waals surface area contributed by atoms with Gasteiger partial charge in [-0.3, -0.25) is 9.59 Å². The zero-order valence-corrected chi connectivity index (χ0v) is 13.3. The molecule has 5 heteroatoms. The highest BCUT2D eigenvalue weighted by Crippen LogP contribution is 2.44. The SMILES string of the molecule is O=C1C[C@@H](C(=O)Nc2ccc(Br)cc2)C2(CCCCC2)O1. The van der Waals surface area contributed by atoms with Crippen LogP contribution >= 0.6 is 15.9 Å². The third kappa shape index (κ3) is 2.98. The summed E-state index contributed by atoms with van der Waals surface area (Å²) in [6.45, 7) is 0. The molecule has 1 aliphatic heterocycles. The molecule has 1 aromatic rings. The first-order valence-corrected chi connectivity index (χ1v) is 8.17. The molecule has 0 radical (unpaired) electrons. The molecule has 1 N–H and O–H groups in total. The minimum absolute atomic E-state index is 0.106. The van der Waals surface area contributed by atoms with Crippen LogP contribution in [-0.2, 0) is 14.3 Å². The molecule has 1 atom stereocenters. The van der Waals surface area contributed by atoms with Gasteiger partial charge in [0.05, 0.1) is 12.3 Å². The van der Waals surface area contributed by atoms with Gasteiger partial charge in [0.2, 0.25) is 5.91 Å². The van der Waals surface area contributed by atoms with Gasteiger partial charge in [0, 0.05) is 10.2 Å². The van der Waals surface area contributed by atoms with Crippen LogP contribution in [0, 0.1) is 5.92 Å². The van der Waals surface area contributed by atoms with Crippen molar-refractivity contribution in [2.24, 2.45) is 5.92 Å². The van der Waals surface area contributed by atoms with Gasteiger partial charge in [0.25, 0.3) is 0 Å². The summed E-state index contributed by atoms with van der Waals surface area (Å²) in [4.78, 5) is 24.3. The number of carbonyl (C=O) groups is 2. The second-order valence-electron chi connectivity index (χ2n) is 5.85. The molecule has 1 aromatic carbocycles. The second-order valence-corrected chi connectivity index (χ2v) is 6.77. The third-order valence-electron chi connectivity index (χ3n) is 4.45. The summed E-state index contributed by atoms with van der Waals surface area (Å²) in [7, 11) is 0. The lowest BCUT2D eigenvalue weighted by atomic mass is 9.75. The third-order valence-corrected chi connectivity index (χ3v) is 4.98. The normalized spacial score (nSPS) is 23.9. The van der Waals surface area contributed by atoms with E-state index in [9.17, 15) is 9.59 Å². The van der Waals surface area contributed by atoms with Gasteiger partial charge in [-0.1, -0.05) is 22.4 Å². The van der Waals surface area contributed by atoms with E-state index in [1.54, 1.807) is 0 Å². The van der Waals surface area contributed by atoms with E-state index < -0.39 is 5.60 Å². The van der Waals surface area contributed by atoms with Crippen molar-refractivity contribution in [1.29, 1.82) is 0 Å². The smallest absolute Gasteiger partial charge is 0.307 e. The summed E-state index contributed by atoms with van der Waals surface area (Å²) < 4.78 is 6.53. The molecule has 21 heavy (non-hydrogen) atoms. The molecule has 1 saturated heterocycles. The zero-order chi connectivity index (χ0) is 14.9. The van der Waals surface area contributed by atoms with Crippen molar-refractivity contribution in [3.8, 4) is 0 Å². The monoisotopic (exact) mass is 351 g/mol. The van der Waals surface area contributed by atoms with Crippen LogP contribution in [0.2, 0.25) is 0 Å². The van der Waals surface area contributed by atoms with Gasteiger partial charge in [0.15, 0.2) is 0 Å². The molecular formula is C16H18BrNO3. The van der Waals surface area contributed by atoms with E-state index in [1.807, 2.05) is 24.3 Å². The number of carbonyl (C=O) groups excluding carboxylic acids is 2. The Morgan fingerprint density at radius 2 is 1.86 bits per heavy atom. The number of benzene rings is 1. The number of rotatable bonds is 2. The second kappa shape index (κ2) is 5.79. The van der Waals surface area contributed by atoms with Crippen LogP contribution in [0.25, 0.3) is 0 Å². The molecule has 0 bridgehead atoms. The van der Waals surface area contributed by atoms with Gasteiger partial charge in [0.1, 0.15) is 5.60 Å². The van der Waals surface area contributed by atoms with Crippen LogP contribution in [-0.4, -0.2) is 17.5 Å². The Bertz CT molecular complexity index is 549. The fourth-order valence-corrected chi connectivity index (χ4v) is 3.65. The number of halogens is 1. The Labute approximate surface area is 132 Å². The Balaban J connectivity index is 1.76. The molecule has 2 aliphatic rings. The van der Waals surface area contributed by atoms with Crippen LogP contribution in [0.3, 0.4) is 0 Å². The van der Waals surface area contributed by atoms with Crippen molar-refractivity contribution in [3.05, 3.63) is 28.7 Å². The topological polar surface area (TPSA) is 55.4 Å². The number of nitrogens with one attached hydrogen (secondary N) is 1. The maximum atomic E-state index is 12.6. The Morgan fingerprint density at radius 1 is 1.19 bits per heavy atom. The summed E-state index contributed by atoms with van der Waals surface area (Å²) in [5.74, 6) is -0.716. The van der Waals surface area contributed by atoms with E-state index >= 15 is 0 Å². The number of hydrogen-bond acceptors (Lipinski definition) is 3. The van der Waals surface area contributed by atoms with Gasteiger partial charge in [-0.15, -0.1) is 0 Å². The first-order valence-electron chi connectivity index (χ1n) is 7.37. The predicted octanol–water partition coefficient (Wildman–Crippen LogP) is 3.65. The zero-order valence-electron chi connectivity index (χ0n) is 11.7. The first kappa shape index (κ1) is 14.6. The molecule has 1 amide bonds. The van der Waals surface area contributed by atoms with E-state index in [0.717, 1.165) is 42.3 Å². The van der Waals surface area contributed by atoms with Gasteiger partial charge < -0.3 is 10.1 Å². The molecule has 1 spiro atoms. The maximum absolute atomic E-state index is 12.6. The average molecular weight is 352 g/mol. The lowest BCUT2D eigenvalue weighted by molar-refractivity contribution is -0.153. The van der Waals surface area contributed by atoms with E-state index in [-0.39, 0.29) is 24.2 Å². The standard InChI is InChI=1S/C16H18BrNO3/c17-11-4-6-12(7-5-11)18-15(20)13-10-14(19)21-16(13)8-2-1-3-9-16/h4-7,13H,1-3,8-10H2,(H,18,20)/t13-/m0/s1. The Kier molecular flexibility index (Phi) is 4.02. The lowest BCUT2D eigenvalue weighted by Crippen LogP contribution is -2.43. The molecule has 3 rings (SSSR count). The molecular weight excluding hydrogens is 334 g/mol. The molecule has 112 valence electrons. The van der Waals surface area contributed by atoms with Crippen molar-refractivity contribution >= 4 is 33.5 Å². The van der Waals surface area contributed by atoms with E-state index in [2.05, 4.69) is 21.2 Å². The van der Waals surface area contributed by atoms with Crippen LogP contribution < -0.4 is 5.32 Å². The highest BCUT2D eigenvalue weighted by molar-refractivity contribution is 9.10. The van der Waals surface area contributed by atoms with E-state index in [4.69, 9.17) is 4.74 Å². The predicted molar refractivity (Wildman–Crippen MR) is 82.8 cm³/mol. The molecule has 2 fully saturated rings. The summed E-state index contributed by atoms with van der Waals surface area (Å²) in [6.07, 6.45) is 5.00. The van der Waals surface area contributed by atoms with Crippen molar-refractivity contribution < 1.29 is 14.3 Å². The fourth-order valence-electron chi connectivity index (χ4n) is 3.39. The highest BCUT2D eigenvalue weighted by atomic mass is 79.9. The molecule has 0 unspecified atom stereocenters. The minimum Gasteiger partial charge on any atom is -0.458 e. The molecule has 4 nitrogen and oxygen atoms in total. The van der Waals surface area contributed by atoms with Crippen LogP contribution in [0.5, 0.6) is 0 Å². The number of anilines is 1. The van der Waals surface area contributed by atoms with Crippen LogP contribution in [0.4, 0.5) is 5.69 Å². The number of hydrogen-bond donors (Lipinski definition) is 1. The maximum Gasteiger partial charge on any atom is 0.307 e. The van der Waals surface area contributed by atoms with Crippen LogP contribution in [0.15, 0.2) is 28.7 Å². The van der Waals surface area contributed by atoms with Crippen LogP contribution in [0.1, 0.15) is 38.5 Å². The fraction of sp³-hybridized carbons (Fsp3) is 0.500. The number of amides is 1. The van der Waals surface area contributed by atoms with Gasteiger partial charge in [-0.05, 0) is 49.9 Å². The average Bonchev–Trinajstić information content (AvgIpc) is 2.78. The quantitative estimate of drug-likeness (QED) is 0.827. The van der Waals surface area contributed by atoms with Gasteiger partial charge >= 0.3 is 5.97 Å². The highest BCUT2D eigenvalue weighted by Gasteiger charge is 2.52. The van der Waals surface area contributed by atoms with Crippen molar-refractivity contribution in [1.82, 2.24) is 0 Å². The molecule has 1 heterocycles. The lowest BCUT2D eigenvalue weighted by Gasteiger charge is -2.36. The summed E-state index contributed by atoms with van der Waals surface area (Å²) in [5, 5.41) is 2.91. The summed E-state index contributed by atoms with van der Waals surface area (Å²) in [5.41, 5.74) is 0.183. The van der Waals surface area contributed by atoms with Crippen molar-refractivity contribution in [3.63, 3.8) is 0 Å². The number of ether oxygens (including phenoxy) is 1. The Morgan fingerprint density at radius 3 is 2.52 bits per heavy atom. The van der Waals surface area contributed by atoms with Gasteiger partial charge in [-0.25, -0.2) is 0 Å². The molecule has 0 aromatic heterocycles. The summed E-state index contributed by atoms with van der Waals surface area (Å²) in [6, 6.07) is 7.44. The largest absolute Gasteiger partial charge is 0.458 e. The Hall–Kier alpha value is -1.36. The molecule has 1 aliphatic carbocycles. The number of esters is 1. The van der Waals surface area contributed by atoms with Crippen molar-refractivity contribution in [2.45, 2.75) is 44.1 Å². The van der Waals surface area contributed by atoms with Gasteiger partial charge in [-0.2, -0.15) is 0 Å².